The number of amides is 2. The number of esters is 1. The largest absolute Gasteiger partial charge is 0.494 e. The number of anilines is 1. The Bertz CT molecular complexity index is 915. The number of carbonyl (C=O) groups is 3. The quantitative estimate of drug-likeness (QED) is 0.444. The maximum Gasteiger partial charge on any atom is 0.326 e. The molecule has 2 aromatic carbocycles. The summed E-state index contributed by atoms with van der Waals surface area (Å²) in [4.78, 5) is 36.2. The Kier molecular flexibility index (Phi) is 8.99. The molecule has 2 aromatic rings. The maximum atomic E-state index is 13.6. The highest BCUT2D eigenvalue weighted by molar-refractivity contribution is 5.97. The van der Waals surface area contributed by atoms with Crippen molar-refractivity contribution in [1.82, 2.24) is 5.32 Å². The van der Waals surface area contributed by atoms with Gasteiger partial charge in [-0.15, -0.1) is 0 Å². The molecule has 7 nitrogen and oxygen atoms in total. The van der Waals surface area contributed by atoms with Gasteiger partial charge in [-0.3, -0.25) is 14.4 Å². The summed E-state index contributed by atoms with van der Waals surface area (Å²) in [6.07, 6.45) is 0.859. The lowest BCUT2D eigenvalue weighted by atomic mass is 10.2. The second-order valence-electron chi connectivity index (χ2n) is 6.99. The third-order valence-corrected chi connectivity index (χ3v) is 4.39. The molecule has 0 bridgehead atoms. The molecule has 0 aliphatic rings. The van der Waals surface area contributed by atoms with Crippen LogP contribution in [0, 0.1) is 12.7 Å². The summed E-state index contributed by atoms with van der Waals surface area (Å²) in [5.74, 6) is -1.63. The van der Waals surface area contributed by atoms with E-state index in [1.807, 2.05) is 0 Å². The number of unbranched alkanes of at least 4 members (excludes halogenated alkanes) is 1. The van der Waals surface area contributed by atoms with E-state index in [-0.39, 0.29) is 5.69 Å². The number of carbonyl (C=O) groups excluding carboxylic acids is 3. The second-order valence-corrected chi connectivity index (χ2v) is 6.99. The monoisotopic (exact) mass is 430 g/mol. The summed E-state index contributed by atoms with van der Waals surface area (Å²) >= 11 is 0. The van der Waals surface area contributed by atoms with Crippen LogP contribution in [0.15, 0.2) is 42.5 Å². The van der Waals surface area contributed by atoms with Crippen LogP contribution in [0.25, 0.3) is 0 Å². The molecular formula is C23H27FN2O5. The fraction of sp³-hybridized carbons (Fsp3) is 0.348. The molecule has 2 rings (SSSR count). The molecule has 166 valence electrons. The molecule has 0 spiro atoms. The number of halogens is 1. The van der Waals surface area contributed by atoms with Crippen molar-refractivity contribution >= 4 is 23.5 Å². The average molecular weight is 430 g/mol. The zero-order valence-corrected chi connectivity index (χ0v) is 17.9. The van der Waals surface area contributed by atoms with E-state index in [1.165, 1.54) is 19.1 Å². The van der Waals surface area contributed by atoms with Crippen molar-refractivity contribution in [2.75, 3.05) is 18.5 Å². The maximum absolute atomic E-state index is 13.6. The van der Waals surface area contributed by atoms with E-state index < -0.39 is 36.2 Å². The van der Waals surface area contributed by atoms with E-state index in [0.717, 1.165) is 12.8 Å². The van der Waals surface area contributed by atoms with Crippen LogP contribution in [0.2, 0.25) is 0 Å². The third-order valence-electron chi connectivity index (χ3n) is 4.39. The molecule has 0 heterocycles. The molecule has 31 heavy (non-hydrogen) atoms. The van der Waals surface area contributed by atoms with Crippen molar-refractivity contribution in [3.63, 3.8) is 0 Å². The van der Waals surface area contributed by atoms with Gasteiger partial charge in [0.1, 0.15) is 18.1 Å². The predicted octanol–water partition coefficient (Wildman–Crippen LogP) is 3.61. The Morgan fingerprint density at radius 3 is 2.45 bits per heavy atom. The zero-order chi connectivity index (χ0) is 22.8. The van der Waals surface area contributed by atoms with Crippen molar-refractivity contribution < 1.29 is 28.2 Å². The van der Waals surface area contributed by atoms with Crippen molar-refractivity contribution in [2.24, 2.45) is 0 Å². The van der Waals surface area contributed by atoms with Crippen molar-refractivity contribution in [2.45, 2.75) is 39.7 Å². The van der Waals surface area contributed by atoms with E-state index in [1.54, 1.807) is 37.3 Å². The summed E-state index contributed by atoms with van der Waals surface area (Å²) in [5.41, 5.74) is 1.07. The first-order valence-electron chi connectivity index (χ1n) is 10.1. The van der Waals surface area contributed by atoms with Gasteiger partial charge in [-0.05, 0) is 62.2 Å². The highest BCUT2D eigenvalue weighted by Crippen LogP contribution is 2.14. The summed E-state index contributed by atoms with van der Waals surface area (Å²) in [7, 11) is 0. The molecule has 1 atom stereocenters. The van der Waals surface area contributed by atoms with Gasteiger partial charge < -0.3 is 20.1 Å². The van der Waals surface area contributed by atoms with Crippen LogP contribution in [-0.2, 0) is 14.3 Å². The summed E-state index contributed by atoms with van der Waals surface area (Å²) in [6.45, 7) is 5.27. The van der Waals surface area contributed by atoms with Crippen LogP contribution in [0.5, 0.6) is 5.75 Å². The number of benzene rings is 2. The number of hydrogen-bond donors (Lipinski definition) is 2. The van der Waals surface area contributed by atoms with Crippen LogP contribution < -0.4 is 15.4 Å². The average Bonchev–Trinajstić information content (AvgIpc) is 2.75. The van der Waals surface area contributed by atoms with Gasteiger partial charge in [0.15, 0.2) is 6.10 Å². The zero-order valence-electron chi connectivity index (χ0n) is 17.9. The predicted molar refractivity (Wildman–Crippen MR) is 114 cm³/mol. The van der Waals surface area contributed by atoms with E-state index in [9.17, 15) is 18.8 Å². The molecule has 0 aliphatic carbocycles. The van der Waals surface area contributed by atoms with Crippen molar-refractivity contribution in [3.05, 3.63) is 59.4 Å². The molecule has 0 aromatic heterocycles. The standard InChI is InChI=1S/C23H27FN2O5/c1-4-5-12-30-19-10-7-17(8-11-19)23(29)25-14-21(27)31-16(3)22(28)26-18-9-6-15(2)20(24)13-18/h6-11,13,16H,4-5,12,14H2,1-3H3,(H,25,29)(H,26,28). The fourth-order valence-corrected chi connectivity index (χ4v) is 2.50. The normalized spacial score (nSPS) is 11.4. The molecule has 0 radical (unpaired) electrons. The van der Waals surface area contributed by atoms with Gasteiger partial charge in [-0.25, -0.2) is 4.39 Å². The lowest BCUT2D eigenvalue weighted by Crippen LogP contribution is -2.35. The molecule has 1 unspecified atom stereocenters. The van der Waals surface area contributed by atoms with E-state index in [4.69, 9.17) is 9.47 Å². The third kappa shape index (κ3) is 7.73. The van der Waals surface area contributed by atoms with Crippen LogP contribution in [0.4, 0.5) is 10.1 Å². The van der Waals surface area contributed by atoms with E-state index in [0.29, 0.717) is 23.5 Å². The smallest absolute Gasteiger partial charge is 0.326 e. The Morgan fingerprint density at radius 1 is 1.10 bits per heavy atom. The minimum Gasteiger partial charge on any atom is -0.494 e. The van der Waals surface area contributed by atoms with Gasteiger partial charge in [-0.1, -0.05) is 19.4 Å². The lowest BCUT2D eigenvalue weighted by Gasteiger charge is -2.14. The van der Waals surface area contributed by atoms with Gasteiger partial charge >= 0.3 is 5.97 Å². The Balaban J connectivity index is 1.77. The minimum absolute atomic E-state index is 0.256. The fourth-order valence-electron chi connectivity index (χ4n) is 2.50. The number of rotatable bonds is 10. The highest BCUT2D eigenvalue weighted by Gasteiger charge is 2.19. The Hall–Kier alpha value is -3.42. The summed E-state index contributed by atoms with van der Waals surface area (Å²) < 4.78 is 24.1. The lowest BCUT2D eigenvalue weighted by molar-refractivity contribution is -0.152. The molecular weight excluding hydrogens is 403 g/mol. The van der Waals surface area contributed by atoms with Crippen LogP contribution in [0.1, 0.15) is 42.6 Å². The Morgan fingerprint density at radius 2 is 1.81 bits per heavy atom. The first-order valence-corrected chi connectivity index (χ1v) is 10.1. The molecule has 0 saturated carbocycles. The minimum atomic E-state index is -1.12. The number of nitrogens with one attached hydrogen (secondary N) is 2. The summed E-state index contributed by atoms with van der Waals surface area (Å²) in [5, 5.41) is 4.92. The second kappa shape index (κ2) is 11.7. The van der Waals surface area contributed by atoms with E-state index >= 15 is 0 Å². The van der Waals surface area contributed by atoms with Crippen LogP contribution >= 0.6 is 0 Å². The van der Waals surface area contributed by atoms with E-state index in [2.05, 4.69) is 17.6 Å². The van der Waals surface area contributed by atoms with Gasteiger partial charge in [0.25, 0.3) is 11.8 Å². The topological polar surface area (TPSA) is 93.7 Å². The van der Waals surface area contributed by atoms with Gasteiger partial charge in [0, 0.05) is 11.3 Å². The molecule has 8 heteroatoms. The first-order chi connectivity index (χ1) is 14.8. The Labute approximate surface area is 180 Å². The number of ether oxygens (including phenoxy) is 2. The molecule has 2 amide bonds. The molecule has 2 N–H and O–H groups in total. The summed E-state index contributed by atoms with van der Waals surface area (Å²) in [6, 6.07) is 10.8. The van der Waals surface area contributed by atoms with Crippen molar-refractivity contribution in [1.29, 1.82) is 0 Å². The highest BCUT2D eigenvalue weighted by atomic mass is 19.1. The van der Waals surface area contributed by atoms with Crippen LogP contribution in [0.3, 0.4) is 0 Å². The molecule has 0 aliphatic heterocycles. The number of hydrogen-bond acceptors (Lipinski definition) is 5. The van der Waals surface area contributed by atoms with Gasteiger partial charge in [0.05, 0.1) is 6.61 Å². The first kappa shape index (κ1) is 23.9. The number of aryl methyl sites for hydroxylation is 1. The SMILES string of the molecule is CCCCOc1ccc(C(=O)NCC(=O)OC(C)C(=O)Nc2ccc(C)c(F)c2)cc1. The molecule has 0 saturated heterocycles. The molecule has 0 fully saturated rings. The van der Waals surface area contributed by atoms with Crippen molar-refractivity contribution in [3.8, 4) is 5.75 Å². The van der Waals surface area contributed by atoms with Gasteiger partial charge in [-0.2, -0.15) is 0 Å². The van der Waals surface area contributed by atoms with Gasteiger partial charge in [0.2, 0.25) is 0 Å². The van der Waals surface area contributed by atoms with Crippen LogP contribution in [-0.4, -0.2) is 37.0 Å².